The quantitative estimate of drug-likeness (QED) is 0.701. The minimum atomic E-state index is -0.215. The average Bonchev–Trinajstić information content (AvgIpc) is 2.67. The van der Waals surface area contributed by atoms with E-state index >= 15 is 0 Å². The molecule has 1 N–H and O–H groups in total. The molecule has 1 atom stereocenters. The number of hydrogen-bond donors (Lipinski definition) is 1. The summed E-state index contributed by atoms with van der Waals surface area (Å²) in [6, 6.07) is 14.5. The summed E-state index contributed by atoms with van der Waals surface area (Å²) in [6.45, 7) is 2.67. The number of nitrogens with one attached hydrogen (secondary N) is 1. The third kappa shape index (κ3) is 6.14. The van der Waals surface area contributed by atoms with Crippen LogP contribution in [-0.2, 0) is 11.3 Å². The maximum absolute atomic E-state index is 12.5. The zero-order valence-corrected chi connectivity index (χ0v) is 17.8. The molecular formula is C21H25Cl2N3O2. The molecule has 3 amide bonds. The Morgan fingerprint density at radius 2 is 1.75 bits per heavy atom. The Labute approximate surface area is 176 Å². The van der Waals surface area contributed by atoms with Crippen molar-refractivity contribution in [2.45, 2.75) is 25.9 Å². The lowest BCUT2D eigenvalue weighted by Crippen LogP contribution is -2.39. The van der Waals surface area contributed by atoms with Crippen LogP contribution in [0.15, 0.2) is 48.5 Å². The zero-order valence-electron chi connectivity index (χ0n) is 16.3. The second-order valence-corrected chi connectivity index (χ2v) is 7.51. The number of benzene rings is 2. The van der Waals surface area contributed by atoms with Crippen molar-refractivity contribution in [3.8, 4) is 0 Å². The second kappa shape index (κ2) is 10.3. The van der Waals surface area contributed by atoms with Crippen LogP contribution in [0, 0.1) is 0 Å². The highest BCUT2D eigenvalue weighted by Crippen LogP contribution is 2.29. The molecule has 0 aliphatic heterocycles. The average molecular weight is 422 g/mol. The highest BCUT2D eigenvalue weighted by Gasteiger charge is 2.20. The number of rotatable bonds is 7. The molecule has 0 saturated carbocycles. The molecule has 0 bridgehead atoms. The smallest absolute Gasteiger partial charge is 0.317 e. The summed E-state index contributed by atoms with van der Waals surface area (Å²) in [4.78, 5) is 27.9. The number of carbonyl (C=O) groups is 2. The highest BCUT2D eigenvalue weighted by atomic mass is 35.5. The van der Waals surface area contributed by atoms with Crippen molar-refractivity contribution in [1.29, 1.82) is 0 Å². The van der Waals surface area contributed by atoms with E-state index in [-0.39, 0.29) is 30.9 Å². The summed E-state index contributed by atoms with van der Waals surface area (Å²) in [7, 11) is 3.45. The molecule has 28 heavy (non-hydrogen) atoms. The zero-order chi connectivity index (χ0) is 20.7. The molecule has 5 nitrogen and oxygen atoms in total. The van der Waals surface area contributed by atoms with E-state index in [1.165, 1.54) is 0 Å². The Morgan fingerprint density at radius 1 is 1.07 bits per heavy atom. The Hall–Kier alpha value is -2.24. The van der Waals surface area contributed by atoms with Gasteiger partial charge in [0, 0.05) is 43.7 Å². The predicted octanol–water partition coefficient (Wildman–Crippen LogP) is 4.74. The van der Waals surface area contributed by atoms with E-state index in [0.29, 0.717) is 16.6 Å². The van der Waals surface area contributed by atoms with Crippen molar-refractivity contribution in [2.75, 3.05) is 20.6 Å². The van der Waals surface area contributed by atoms with Crippen molar-refractivity contribution in [3.05, 3.63) is 69.7 Å². The molecule has 0 aromatic heterocycles. The molecule has 1 unspecified atom stereocenters. The molecule has 0 fully saturated rings. The van der Waals surface area contributed by atoms with E-state index in [4.69, 9.17) is 23.2 Å². The van der Waals surface area contributed by atoms with Gasteiger partial charge in [-0.1, -0.05) is 59.6 Å². The second-order valence-electron chi connectivity index (χ2n) is 6.67. The molecule has 2 rings (SSSR count). The largest absolute Gasteiger partial charge is 0.339 e. The topological polar surface area (TPSA) is 52.7 Å². The molecule has 150 valence electrons. The first-order chi connectivity index (χ1) is 13.3. The highest BCUT2D eigenvalue weighted by molar-refractivity contribution is 6.35. The van der Waals surface area contributed by atoms with E-state index in [2.05, 4.69) is 5.32 Å². The summed E-state index contributed by atoms with van der Waals surface area (Å²) in [5.41, 5.74) is 1.87. The third-order valence-electron chi connectivity index (χ3n) is 4.61. The molecule has 0 radical (unpaired) electrons. The number of halogens is 2. The van der Waals surface area contributed by atoms with Gasteiger partial charge in [0.15, 0.2) is 0 Å². The maximum atomic E-state index is 12.5. The van der Waals surface area contributed by atoms with Crippen LogP contribution in [0.5, 0.6) is 0 Å². The number of carbonyl (C=O) groups excluding carboxylic acids is 2. The van der Waals surface area contributed by atoms with E-state index < -0.39 is 0 Å². The number of amides is 3. The lowest BCUT2D eigenvalue weighted by molar-refractivity contribution is -0.131. The molecule has 2 aromatic rings. The first-order valence-corrected chi connectivity index (χ1v) is 9.78. The van der Waals surface area contributed by atoms with Gasteiger partial charge in [-0.05, 0) is 30.2 Å². The van der Waals surface area contributed by atoms with Crippen molar-refractivity contribution in [1.82, 2.24) is 15.1 Å². The summed E-state index contributed by atoms with van der Waals surface area (Å²) in [5.74, 6) is -0.0791. The van der Waals surface area contributed by atoms with Gasteiger partial charge in [0.2, 0.25) is 5.91 Å². The van der Waals surface area contributed by atoms with Gasteiger partial charge >= 0.3 is 6.03 Å². The number of urea groups is 1. The molecule has 0 spiro atoms. The van der Waals surface area contributed by atoms with E-state index in [1.54, 1.807) is 36.0 Å². The number of hydrogen-bond acceptors (Lipinski definition) is 2. The van der Waals surface area contributed by atoms with Crippen molar-refractivity contribution in [2.24, 2.45) is 0 Å². The minimum absolute atomic E-state index is 0.0791. The van der Waals surface area contributed by atoms with Crippen LogP contribution in [-0.4, -0.2) is 42.4 Å². The van der Waals surface area contributed by atoms with Crippen LogP contribution in [0.4, 0.5) is 4.79 Å². The summed E-state index contributed by atoms with van der Waals surface area (Å²) >= 11 is 12.2. The van der Waals surface area contributed by atoms with Crippen LogP contribution in [0.1, 0.15) is 30.5 Å². The molecule has 2 aromatic carbocycles. The molecular weight excluding hydrogens is 397 g/mol. The fraction of sp³-hybridized carbons (Fsp3) is 0.333. The summed E-state index contributed by atoms with van der Waals surface area (Å²) in [5, 5.41) is 3.86. The lowest BCUT2D eigenvalue weighted by atomic mass is 10.1. The lowest BCUT2D eigenvalue weighted by Gasteiger charge is -2.26. The van der Waals surface area contributed by atoms with Crippen molar-refractivity contribution >= 4 is 35.1 Å². The Morgan fingerprint density at radius 3 is 2.39 bits per heavy atom. The first-order valence-electron chi connectivity index (χ1n) is 9.03. The monoisotopic (exact) mass is 421 g/mol. The van der Waals surface area contributed by atoms with Gasteiger partial charge in [-0.25, -0.2) is 4.79 Å². The number of nitrogens with zero attached hydrogens (tertiary/aromatic N) is 2. The molecule has 7 heteroatoms. The molecule has 0 aliphatic carbocycles. The van der Waals surface area contributed by atoms with Gasteiger partial charge in [0.1, 0.15) is 0 Å². The molecule has 0 saturated heterocycles. The molecule has 0 heterocycles. The predicted molar refractivity (Wildman–Crippen MR) is 114 cm³/mol. The van der Waals surface area contributed by atoms with Gasteiger partial charge in [-0.3, -0.25) is 4.79 Å². The van der Waals surface area contributed by atoms with Crippen LogP contribution in [0.2, 0.25) is 10.0 Å². The van der Waals surface area contributed by atoms with Gasteiger partial charge < -0.3 is 15.1 Å². The molecule has 0 aliphatic rings. The summed E-state index contributed by atoms with van der Waals surface area (Å²) < 4.78 is 0. The van der Waals surface area contributed by atoms with Gasteiger partial charge in [-0.15, -0.1) is 0 Å². The first kappa shape index (κ1) is 22.1. The fourth-order valence-electron chi connectivity index (χ4n) is 2.78. The van der Waals surface area contributed by atoms with Crippen LogP contribution in [0.3, 0.4) is 0 Å². The van der Waals surface area contributed by atoms with E-state index in [9.17, 15) is 9.59 Å². The standard InChI is InChI=1S/C21H25Cl2N3O2/c1-15(18-10-9-17(22)13-19(18)23)26(3)20(27)11-12-24-21(28)25(2)14-16-7-5-4-6-8-16/h4-10,13,15H,11-12,14H2,1-3H3,(H,24,28). The SMILES string of the molecule is CC(c1ccc(Cl)cc1Cl)N(C)C(=O)CCNC(=O)N(C)Cc1ccccc1. The Balaban J connectivity index is 1.81. The Bertz CT molecular complexity index is 815. The summed E-state index contributed by atoms with van der Waals surface area (Å²) in [6.07, 6.45) is 0.205. The van der Waals surface area contributed by atoms with Crippen molar-refractivity contribution in [3.63, 3.8) is 0 Å². The Kier molecular flexibility index (Phi) is 8.15. The van der Waals surface area contributed by atoms with Gasteiger partial charge in [-0.2, -0.15) is 0 Å². The van der Waals surface area contributed by atoms with Gasteiger partial charge in [0.05, 0.1) is 6.04 Å². The maximum Gasteiger partial charge on any atom is 0.317 e. The van der Waals surface area contributed by atoms with Crippen molar-refractivity contribution < 1.29 is 9.59 Å². The van der Waals surface area contributed by atoms with Gasteiger partial charge in [0.25, 0.3) is 0 Å². The third-order valence-corrected chi connectivity index (χ3v) is 5.17. The van der Waals surface area contributed by atoms with Crippen LogP contribution in [0.25, 0.3) is 0 Å². The van der Waals surface area contributed by atoms with E-state index in [1.807, 2.05) is 43.3 Å². The van der Waals surface area contributed by atoms with Crippen LogP contribution >= 0.6 is 23.2 Å². The van der Waals surface area contributed by atoms with E-state index in [0.717, 1.165) is 11.1 Å². The minimum Gasteiger partial charge on any atom is -0.339 e. The fourth-order valence-corrected chi connectivity index (χ4v) is 3.35. The normalized spacial score (nSPS) is 11.6. The van der Waals surface area contributed by atoms with Crippen LogP contribution < -0.4 is 5.32 Å².